The summed E-state index contributed by atoms with van der Waals surface area (Å²) in [6.45, 7) is 4.92. The van der Waals surface area contributed by atoms with Crippen LogP contribution in [-0.4, -0.2) is 144 Å². The van der Waals surface area contributed by atoms with Crippen molar-refractivity contribution in [1.29, 1.82) is 0 Å². The highest BCUT2D eigenvalue weighted by molar-refractivity contribution is 9.11. The molecular formula is C48H38Br3N19O9. The SMILES string of the molecule is COc1nc2c(cc1Nc1ncnc3[nH]c(C(=O)O)c(Br)c13)C=NC2.C[C@H]1COCCN1C(=O)c1[nH]c2ncnc(Nc3cc4c([nH]c3=O)CN=C4)c2c1Br.O=C(O)c1[nH]c2ncnc(Nc3cc4c([nH]c3=O)CN=C4)c2c1Br. The smallest absolute Gasteiger partial charge is 0.353 e. The lowest BCUT2D eigenvalue weighted by Gasteiger charge is -2.33. The molecule has 0 bridgehead atoms. The first-order valence-electron chi connectivity index (χ1n) is 23.5. The van der Waals surface area contributed by atoms with Gasteiger partial charge in [-0.2, -0.15) is 0 Å². The van der Waals surface area contributed by atoms with Crippen molar-refractivity contribution in [3.63, 3.8) is 0 Å². The number of nitrogens with zero attached hydrogens (tertiary/aromatic N) is 11. The van der Waals surface area contributed by atoms with Crippen LogP contribution < -0.4 is 31.8 Å². The number of anilines is 6. The Bertz CT molecular complexity index is 4220. The lowest BCUT2D eigenvalue weighted by Crippen LogP contribution is -2.47. The molecule has 0 unspecified atom stereocenters. The number of carboxylic acids is 2. The van der Waals surface area contributed by atoms with E-state index < -0.39 is 11.9 Å². The van der Waals surface area contributed by atoms with E-state index in [-0.39, 0.29) is 40.1 Å². The van der Waals surface area contributed by atoms with E-state index >= 15 is 0 Å². The zero-order valence-corrected chi connectivity index (χ0v) is 45.6. The molecule has 79 heavy (non-hydrogen) atoms. The molecule has 4 aliphatic heterocycles. The number of aromatic nitrogens is 12. The van der Waals surface area contributed by atoms with Gasteiger partial charge in [0.25, 0.3) is 17.0 Å². The number of methoxy groups -OCH3 is 1. The number of fused-ring (bicyclic) bond motifs is 6. The van der Waals surface area contributed by atoms with Gasteiger partial charge < -0.3 is 65.5 Å². The minimum atomic E-state index is -1.13. The molecule has 1 amide bonds. The normalized spacial score (nSPS) is 14.6. The van der Waals surface area contributed by atoms with Crippen LogP contribution in [0.25, 0.3) is 33.1 Å². The highest BCUT2D eigenvalue weighted by atomic mass is 79.9. The Labute approximate surface area is 466 Å². The number of pyridine rings is 3. The predicted molar refractivity (Wildman–Crippen MR) is 299 cm³/mol. The van der Waals surface area contributed by atoms with Crippen molar-refractivity contribution in [3.8, 4) is 5.88 Å². The first kappa shape index (κ1) is 52.0. The van der Waals surface area contributed by atoms with Gasteiger partial charge in [0.15, 0.2) is 0 Å². The monoisotopic (exact) mass is 1260 g/mol. The highest BCUT2D eigenvalue weighted by Crippen LogP contribution is 2.37. The lowest BCUT2D eigenvalue weighted by molar-refractivity contribution is 0.00326. The quantitative estimate of drug-likeness (QED) is 0.0725. The van der Waals surface area contributed by atoms with Gasteiger partial charge in [-0.1, -0.05) is 0 Å². The van der Waals surface area contributed by atoms with E-state index in [2.05, 4.69) is 139 Å². The van der Waals surface area contributed by atoms with Gasteiger partial charge in [-0.15, -0.1) is 0 Å². The van der Waals surface area contributed by atoms with Crippen LogP contribution in [0.3, 0.4) is 0 Å². The second-order valence-electron chi connectivity index (χ2n) is 17.6. The largest absolute Gasteiger partial charge is 0.480 e. The van der Waals surface area contributed by atoms with Crippen molar-refractivity contribution in [2.24, 2.45) is 15.0 Å². The number of morpholine rings is 1. The number of amides is 1. The number of carbonyl (C=O) groups is 3. The average molecular weight is 1260 g/mol. The summed E-state index contributed by atoms with van der Waals surface area (Å²) in [5, 5.41) is 29.2. The van der Waals surface area contributed by atoms with Crippen LogP contribution >= 0.6 is 47.8 Å². The fourth-order valence-electron chi connectivity index (χ4n) is 8.82. The second-order valence-corrected chi connectivity index (χ2v) is 19.9. The van der Waals surface area contributed by atoms with E-state index in [9.17, 15) is 34.2 Å². The van der Waals surface area contributed by atoms with Crippen LogP contribution in [-0.2, 0) is 24.4 Å². The molecule has 0 spiro atoms. The van der Waals surface area contributed by atoms with Crippen LogP contribution in [0.2, 0.25) is 0 Å². The minimum Gasteiger partial charge on any atom is -0.480 e. The number of carboxylic acid groups (broad SMARTS) is 2. The van der Waals surface area contributed by atoms with E-state index in [1.165, 1.54) is 26.1 Å². The maximum absolute atomic E-state index is 13.1. The third-order valence-electron chi connectivity index (χ3n) is 12.7. The van der Waals surface area contributed by atoms with Gasteiger partial charge in [0.05, 0.1) is 81.3 Å². The predicted octanol–water partition coefficient (Wildman–Crippen LogP) is 6.23. The molecule has 1 saturated heterocycles. The molecule has 28 nitrogen and oxygen atoms in total. The van der Waals surface area contributed by atoms with Gasteiger partial charge in [-0.05, 0) is 72.9 Å². The summed E-state index contributed by atoms with van der Waals surface area (Å²) in [7, 11) is 1.53. The Balaban J connectivity index is 0.000000126. The van der Waals surface area contributed by atoms with E-state index in [4.69, 9.17) is 9.47 Å². The number of hydrogen-bond donors (Lipinski definition) is 10. The van der Waals surface area contributed by atoms with Crippen LogP contribution in [0.5, 0.6) is 5.88 Å². The van der Waals surface area contributed by atoms with Gasteiger partial charge in [-0.3, -0.25) is 29.4 Å². The number of H-pyrrole nitrogens is 5. The number of nitrogens with one attached hydrogen (secondary N) is 8. The molecule has 4 aliphatic rings. The Morgan fingerprint density at radius 2 is 1.08 bits per heavy atom. The van der Waals surface area contributed by atoms with Gasteiger partial charge in [0, 0.05) is 53.3 Å². The van der Waals surface area contributed by atoms with Crippen molar-refractivity contribution >= 4 is 152 Å². The first-order valence-corrected chi connectivity index (χ1v) is 25.9. The third-order valence-corrected chi connectivity index (χ3v) is 15.0. The zero-order valence-electron chi connectivity index (χ0n) is 40.8. The molecule has 9 aromatic heterocycles. The average Bonchev–Trinajstić information content (AvgIpc) is 4.51. The molecule has 9 aromatic rings. The topological polar surface area (TPSA) is 390 Å². The van der Waals surface area contributed by atoms with E-state index in [0.717, 1.165) is 33.8 Å². The van der Waals surface area contributed by atoms with Crippen molar-refractivity contribution < 1.29 is 34.1 Å². The van der Waals surface area contributed by atoms with Crippen LogP contribution in [0.4, 0.5) is 34.5 Å². The van der Waals surface area contributed by atoms with Gasteiger partial charge in [0.1, 0.15) is 87.5 Å². The van der Waals surface area contributed by atoms with Crippen LogP contribution in [0.1, 0.15) is 72.2 Å². The van der Waals surface area contributed by atoms with E-state index in [1.807, 2.05) is 13.0 Å². The molecule has 0 aliphatic carbocycles. The van der Waals surface area contributed by atoms with Crippen LogP contribution in [0.15, 0.2) is 75.2 Å². The second kappa shape index (κ2) is 21.4. The van der Waals surface area contributed by atoms with E-state index in [1.54, 1.807) is 35.7 Å². The standard InChI is InChI=1S/C19H18BrN7O3.C15H11BrN6O3.C14H9BrN6O3/c1-9-7-30-3-2-27(9)19(29)15-14(20)13-16(22-8-23-17(13)26-15)24-11-4-10-5-21-6-12(10)25-18(11)28;1-25-14-7(2-6-3-17-4-8(6)21-14)20-12-9-10(16)11(15(23)24)22-13(9)19-5-18-12;15-9-8-11(17-4-18-12(8)21-10(9)14(23)24)19-6-1-5-2-16-3-7(5)20-13(6)22/h4-5,8-9H,2-3,6-7H2,1H3,(H,25,28)(H2,22,23,24,26);2-3,5H,4H2,1H3,(H,23,24)(H2,18,19,20,22);1-2,4H,3H2,(H,20,22)(H,23,24)(H2,17,18,19,21)/t9-;;/m0../s1. The molecule has 10 N–H and O–H groups in total. The summed E-state index contributed by atoms with van der Waals surface area (Å²) in [6.07, 6.45) is 9.15. The molecule has 1 atom stereocenters. The first-order chi connectivity index (χ1) is 38.1. The van der Waals surface area contributed by atoms with Gasteiger partial charge in [-0.25, -0.2) is 44.5 Å². The summed E-state index contributed by atoms with van der Waals surface area (Å²) >= 11 is 10.1. The third kappa shape index (κ3) is 9.98. The summed E-state index contributed by atoms with van der Waals surface area (Å²) in [6, 6.07) is 5.25. The van der Waals surface area contributed by atoms with Crippen molar-refractivity contribution in [2.45, 2.75) is 32.6 Å². The fraction of sp³-hybridized carbons (Fsp3) is 0.188. The van der Waals surface area contributed by atoms with Crippen molar-refractivity contribution in [3.05, 3.63) is 122 Å². The number of halogens is 3. The summed E-state index contributed by atoms with van der Waals surface area (Å²) < 4.78 is 12.0. The number of hydrogen-bond acceptors (Lipinski definition) is 20. The van der Waals surface area contributed by atoms with E-state index in [0.29, 0.717) is 126 Å². The number of rotatable bonds is 10. The highest BCUT2D eigenvalue weighted by Gasteiger charge is 2.30. The Kier molecular flexibility index (Phi) is 14.1. The molecule has 400 valence electrons. The maximum atomic E-state index is 13.1. The number of aromatic amines is 5. The number of aromatic carboxylic acids is 2. The molecule has 31 heteroatoms. The number of carbonyl (C=O) groups excluding carboxylic acids is 1. The van der Waals surface area contributed by atoms with Crippen molar-refractivity contribution in [2.75, 3.05) is 42.8 Å². The molecule has 0 saturated carbocycles. The minimum absolute atomic E-state index is 0.00438. The molecule has 13 heterocycles. The molecular weight excluding hydrogens is 1230 g/mol. The number of aliphatic imine (C=N–C) groups is 3. The lowest BCUT2D eigenvalue weighted by atomic mass is 10.2. The molecule has 0 radical (unpaired) electrons. The van der Waals surface area contributed by atoms with Crippen LogP contribution in [0, 0.1) is 0 Å². The Morgan fingerprint density at radius 1 is 0.633 bits per heavy atom. The molecule has 0 aromatic carbocycles. The Hall–Kier alpha value is -9.07. The maximum Gasteiger partial charge on any atom is 0.353 e. The van der Waals surface area contributed by atoms with Crippen molar-refractivity contribution in [1.82, 2.24) is 64.7 Å². The number of ether oxygens (including phenoxy) is 2. The zero-order chi connectivity index (χ0) is 55.2. The fourth-order valence-corrected chi connectivity index (χ4v) is 10.8. The summed E-state index contributed by atoms with van der Waals surface area (Å²) in [4.78, 5) is 118. The molecule has 13 rings (SSSR count). The Morgan fingerprint density at radius 3 is 1.56 bits per heavy atom. The summed E-state index contributed by atoms with van der Waals surface area (Å²) in [5.74, 6) is -0.806. The van der Waals surface area contributed by atoms with Gasteiger partial charge >= 0.3 is 11.9 Å². The van der Waals surface area contributed by atoms with Gasteiger partial charge in [0.2, 0.25) is 5.88 Å². The summed E-state index contributed by atoms with van der Waals surface area (Å²) in [5.41, 5.74) is 7.18. The molecule has 1 fully saturated rings.